The molecule has 0 radical (unpaired) electrons. The lowest BCUT2D eigenvalue weighted by atomic mass is 10.1. The van der Waals surface area contributed by atoms with Crippen molar-refractivity contribution in [2.75, 3.05) is 6.54 Å². The summed E-state index contributed by atoms with van der Waals surface area (Å²) < 4.78 is 3.86. The molecular formula is C17H18N6O. The number of benzene rings is 1. The van der Waals surface area contributed by atoms with E-state index < -0.39 is 0 Å². The molecule has 0 unspecified atom stereocenters. The zero-order valence-electron chi connectivity index (χ0n) is 13.7. The Morgan fingerprint density at radius 1 is 1.08 bits per heavy atom. The van der Waals surface area contributed by atoms with Gasteiger partial charge in [0.15, 0.2) is 5.82 Å². The third kappa shape index (κ3) is 2.47. The smallest absolute Gasteiger partial charge is 0.254 e. The molecular weight excluding hydrogens is 304 g/mol. The van der Waals surface area contributed by atoms with Gasteiger partial charge in [0, 0.05) is 24.8 Å². The van der Waals surface area contributed by atoms with Crippen LogP contribution in [0.1, 0.15) is 27.6 Å². The van der Waals surface area contributed by atoms with E-state index in [1.165, 1.54) is 0 Å². The molecule has 1 aliphatic heterocycles. The Morgan fingerprint density at radius 2 is 1.88 bits per heavy atom. The van der Waals surface area contributed by atoms with Gasteiger partial charge in [0.25, 0.3) is 5.91 Å². The SMILES string of the molecule is Cc1cnn(-c2ccc(C(=O)N3CCn4c(C)nnc4C3)cc2)c1. The fourth-order valence-corrected chi connectivity index (χ4v) is 2.97. The fourth-order valence-electron chi connectivity index (χ4n) is 2.97. The molecule has 1 amide bonds. The van der Waals surface area contributed by atoms with Crippen LogP contribution in [-0.2, 0) is 13.1 Å². The molecule has 1 aromatic carbocycles. The molecule has 7 heteroatoms. The molecule has 0 aliphatic carbocycles. The van der Waals surface area contributed by atoms with E-state index in [0.29, 0.717) is 18.7 Å². The first-order chi connectivity index (χ1) is 11.6. The molecule has 0 spiro atoms. The van der Waals surface area contributed by atoms with Gasteiger partial charge in [-0.2, -0.15) is 5.10 Å². The van der Waals surface area contributed by atoms with Crippen molar-refractivity contribution in [3.8, 4) is 5.69 Å². The van der Waals surface area contributed by atoms with Gasteiger partial charge < -0.3 is 9.47 Å². The van der Waals surface area contributed by atoms with E-state index >= 15 is 0 Å². The van der Waals surface area contributed by atoms with E-state index in [9.17, 15) is 4.79 Å². The van der Waals surface area contributed by atoms with Gasteiger partial charge in [-0.3, -0.25) is 4.79 Å². The summed E-state index contributed by atoms with van der Waals surface area (Å²) in [7, 11) is 0. The summed E-state index contributed by atoms with van der Waals surface area (Å²) in [5.41, 5.74) is 2.71. The summed E-state index contributed by atoms with van der Waals surface area (Å²) in [5, 5.41) is 12.5. The maximum absolute atomic E-state index is 12.7. The highest BCUT2D eigenvalue weighted by molar-refractivity contribution is 5.94. The highest BCUT2D eigenvalue weighted by Crippen LogP contribution is 2.16. The van der Waals surface area contributed by atoms with Crippen LogP contribution in [0.15, 0.2) is 36.7 Å². The monoisotopic (exact) mass is 322 g/mol. The van der Waals surface area contributed by atoms with Crippen LogP contribution in [0.25, 0.3) is 5.69 Å². The molecule has 0 fully saturated rings. The molecule has 4 rings (SSSR count). The lowest BCUT2D eigenvalue weighted by Gasteiger charge is -2.27. The van der Waals surface area contributed by atoms with Crippen molar-refractivity contribution in [3.63, 3.8) is 0 Å². The zero-order chi connectivity index (χ0) is 16.7. The van der Waals surface area contributed by atoms with Crippen LogP contribution < -0.4 is 0 Å². The largest absolute Gasteiger partial charge is 0.329 e. The van der Waals surface area contributed by atoms with Crippen LogP contribution >= 0.6 is 0 Å². The third-order valence-corrected chi connectivity index (χ3v) is 4.32. The van der Waals surface area contributed by atoms with Gasteiger partial charge in [-0.1, -0.05) is 0 Å². The molecule has 0 bridgehead atoms. The van der Waals surface area contributed by atoms with Crippen molar-refractivity contribution in [2.24, 2.45) is 0 Å². The van der Waals surface area contributed by atoms with Crippen LogP contribution in [0.3, 0.4) is 0 Å². The molecule has 122 valence electrons. The highest BCUT2D eigenvalue weighted by Gasteiger charge is 2.24. The number of amides is 1. The minimum atomic E-state index is 0.0186. The van der Waals surface area contributed by atoms with Crippen molar-refractivity contribution >= 4 is 5.91 Å². The topological polar surface area (TPSA) is 68.8 Å². The molecule has 0 saturated heterocycles. The highest BCUT2D eigenvalue weighted by atomic mass is 16.2. The van der Waals surface area contributed by atoms with E-state index in [2.05, 4.69) is 19.9 Å². The Bertz CT molecular complexity index is 892. The van der Waals surface area contributed by atoms with Gasteiger partial charge in [0.2, 0.25) is 0 Å². The summed E-state index contributed by atoms with van der Waals surface area (Å²) in [5.74, 6) is 1.76. The standard InChI is InChI=1S/C17H18N6O/c1-12-9-18-23(10-12)15-5-3-14(4-6-15)17(24)21-7-8-22-13(2)19-20-16(22)11-21/h3-6,9-10H,7-8,11H2,1-2H3. The normalized spacial score (nSPS) is 13.8. The number of rotatable bonds is 2. The number of aromatic nitrogens is 5. The number of aryl methyl sites for hydroxylation is 2. The van der Waals surface area contributed by atoms with E-state index in [1.807, 2.05) is 55.4 Å². The second-order valence-electron chi connectivity index (χ2n) is 6.05. The Balaban J connectivity index is 1.53. The van der Waals surface area contributed by atoms with Gasteiger partial charge in [0.05, 0.1) is 18.4 Å². The first-order valence-corrected chi connectivity index (χ1v) is 7.91. The van der Waals surface area contributed by atoms with Crippen LogP contribution in [0.2, 0.25) is 0 Å². The van der Waals surface area contributed by atoms with Gasteiger partial charge in [-0.15, -0.1) is 10.2 Å². The van der Waals surface area contributed by atoms with Gasteiger partial charge >= 0.3 is 0 Å². The average molecular weight is 322 g/mol. The molecule has 24 heavy (non-hydrogen) atoms. The molecule has 0 N–H and O–H groups in total. The van der Waals surface area contributed by atoms with E-state index in [-0.39, 0.29) is 5.91 Å². The van der Waals surface area contributed by atoms with Gasteiger partial charge in [-0.25, -0.2) is 4.68 Å². The van der Waals surface area contributed by atoms with Crippen LogP contribution in [0.5, 0.6) is 0 Å². The maximum atomic E-state index is 12.7. The third-order valence-electron chi connectivity index (χ3n) is 4.32. The molecule has 2 aromatic heterocycles. The lowest BCUT2D eigenvalue weighted by Crippen LogP contribution is -2.38. The summed E-state index contributed by atoms with van der Waals surface area (Å²) in [4.78, 5) is 14.5. The van der Waals surface area contributed by atoms with Crippen molar-refractivity contribution in [2.45, 2.75) is 26.9 Å². The molecule has 0 atom stereocenters. The molecule has 3 aromatic rings. The fraction of sp³-hybridized carbons (Fsp3) is 0.294. The predicted octanol–water partition coefficient (Wildman–Crippen LogP) is 1.74. The quantitative estimate of drug-likeness (QED) is 0.720. The average Bonchev–Trinajstić information content (AvgIpc) is 3.20. The Hall–Kier alpha value is -2.96. The summed E-state index contributed by atoms with van der Waals surface area (Å²) in [6.07, 6.45) is 3.77. The van der Waals surface area contributed by atoms with Crippen LogP contribution in [-0.4, -0.2) is 41.9 Å². The van der Waals surface area contributed by atoms with E-state index in [0.717, 1.165) is 29.4 Å². The van der Waals surface area contributed by atoms with Crippen LogP contribution in [0, 0.1) is 13.8 Å². The minimum absolute atomic E-state index is 0.0186. The minimum Gasteiger partial charge on any atom is -0.329 e. The summed E-state index contributed by atoms with van der Waals surface area (Å²) in [6, 6.07) is 7.52. The summed E-state index contributed by atoms with van der Waals surface area (Å²) in [6.45, 7) is 5.84. The van der Waals surface area contributed by atoms with E-state index in [4.69, 9.17) is 0 Å². The Kier molecular flexibility index (Phi) is 3.41. The van der Waals surface area contributed by atoms with Crippen molar-refractivity contribution < 1.29 is 4.79 Å². The number of carbonyl (C=O) groups is 1. The second kappa shape index (κ2) is 5.59. The molecule has 7 nitrogen and oxygen atoms in total. The first-order valence-electron chi connectivity index (χ1n) is 7.91. The maximum Gasteiger partial charge on any atom is 0.254 e. The van der Waals surface area contributed by atoms with Crippen molar-refractivity contribution in [1.29, 1.82) is 0 Å². The number of hydrogen-bond donors (Lipinski definition) is 0. The predicted molar refractivity (Wildman–Crippen MR) is 87.8 cm³/mol. The van der Waals surface area contributed by atoms with Crippen molar-refractivity contribution in [1.82, 2.24) is 29.4 Å². The second-order valence-corrected chi connectivity index (χ2v) is 6.05. The van der Waals surface area contributed by atoms with E-state index in [1.54, 1.807) is 4.68 Å². The summed E-state index contributed by atoms with van der Waals surface area (Å²) >= 11 is 0. The van der Waals surface area contributed by atoms with Crippen LogP contribution in [0.4, 0.5) is 0 Å². The number of nitrogens with zero attached hydrogens (tertiary/aromatic N) is 6. The number of fused-ring (bicyclic) bond motifs is 1. The molecule has 0 saturated carbocycles. The zero-order valence-corrected chi connectivity index (χ0v) is 13.7. The van der Waals surface area contributed by atoms with Gasteiger partial charge in [0.1, 0.15) is 5.82 Å². The first kappa shape index (κ1) is 14.6. The molecule has 3 heterocycles. The number of hydrogen-bond acceptors (Lipinski definition) is 4. The van der Waals surface area contributed by atoms with Gasteiger partial charge in [-0.05, 0) is 43.7 Å². The molecule has 1 aliphatic rings. The Labute approximate surface area is 139 Å². The van der Waals surface area contributed by atoms with Crippen molar-refractivity contribution in [3.05, 3.63) is 59.4 Å². The number of carbonyl (C=O) groups excluding carboxylic acids is 1. The lowest BCUT2D eigenvalue weighted by molar-refractivity contribution is 0.0706. The Morgan fingerprint density at radius 3 is 2.58 bits per heavy atom.